The molecule has 0 aromatic heterocycles. The van der Waals surface area contributed by atoms with Crippen LogP contribution in [-0.4, -0.2) is 19.0 Å². The first-order valence-electron chi connectivity index (χ1n) is 4.28. The van der Waals surface area contributed by atoms with Gasteiger partial charge in [0.15, 0.2) is 0 Å². The molecule has 0 spiro atoms. The van der Waals surface area contributed by atoms with E-state index in [1.54, 1.807) is 29.3 Å². The Bertz CT molecular complexity index is 431. The number of rotatable bonds is 2. The van der Waals surface area contributed by atoms with Crippen LogP contribution < -0.4 is 0 Å². The molecule has 0 unspecified atom stereocenters. The van der Waals surface area contributed by atoms with Crippen LogP contribution in [0.25, 0.3) is 5.57 Å². The Morgan fingerprint density at radius 1 is 1.40 bits per heavy atom. The third-order valence-corrected chi connectivity index (χ3v) is 2.28. The highest BCUT2D eigenvalue weighted by molar-refractivity contribution is 6.35. The maximum Gasteiger partial charge on any atom is 0.101 e. The Morgan fingerprint density at radius 2 is 2.07 bits per heavy atom. The molecule has 0 saturated carbocycles. The predicted molar refractivity (Wildman–Crippen MR) is 63.7 cm³/mol. The Labute approximate surface area is 99.3 Å². The minimum atomic E-state index is 0.483. The van der Waals surface area contributed by atoms with E-state index in [1.165, 1.54) is 0 Å². The van der Waals surface area contributed by atoms with E-state index < -0.39 is 0 Å². The highest BCUT2D eigenvalue weighted by Gasteiger charge is 2.06. The summed E-state index contributed by atoms with van der Waals surface area (Å²) in [5.74, 6) is 0. The summed E-state index contributed by atoms with van der Waals surface area (Å²) >= 11 is 11.8. The van der Waals surface area contributed by atoms with Gasteiger partial charge in [0.05, 0.1) is 10.6 Å². The fraction of sp³-hybridized carbons (Fsp3) is 0.182. The van der Waals surface area contributed by atoms with Gasteiger partial charge < -0.3 is 4.90 Å². The van der Waals surface area contributed by atoms with Gasteiger partial charge in [-0.25, -0.2) is 0 Å². The molecule has 78 valence electrons. The lowest BCUT2D eigenvalue weighted by Gasteiger charge is -2.08. The minimum Gasteiger partial charge on any atom is -0.382 e. The lowest BCUT2D eigenvalue weighted by molar-refractivity contribution is 0.566. The van der Waals surface area contributed by atoms with Gasteiger partial charge in [0, 0.05) is 30.9 Å². The molecule has 15 heavy (non-hydrogen) atoms. The highest BCUT2D eigenvalue weighted by Crippen LogP contribution is 2.26. The standard InChI is InChI=1S/C11H10Cl2N2/c1-15(2)7-8(6-14)10-4-3-9(12)5-11(10)13/h3-5,7H,1-2H3/b8-7+. The second-order valence-corrected chi connectivity index (χ2v) is 4.09. The van der Waals surface area contributed by atoms with Crippen molar-refractivity contribution in [2.45, 2.75) is 0 Å². The quantitative estimate of drug-likeness (QED) is 0.742. The first-order valence-corrected chi connectivity index (χ1v) is 5.04. The largest absolute Gasteiger partial charge is 0.382 e. The Hall–Kier alpha value is -1.17. The molecule has 0 N–H and O–H groups in total. The van der Waals surface area contributed by atoms with E-state index in [2.05, 4.69) is 6.07 Å². The number of nitrogens with zero attached hydrogens (tertiary/aromatic N) is 2. The lowest BCUT2D eigenvalue weighted by atomic mass is 10.1. The third kappa shape index (κ3) is 3.16. The molecule has 0 heterocycles. The maximum absolute atomic E-state index is 8.99. The van der Waals surface area contributed by atoms with Crippen LogP contribution in [0.15, 0.2) is 24.4 Å². The molecule has 4 heteroatoms. The summed E-state index contributed by atoms with van der Waals surface area (Å²) in [6.45, 7) is 0. The molecule has 0 atom stereocenters. The monoisotopic (exact) mass is 240 g/mol. The van der Waals surface area contributed by atoms with Crippen molar-refractivity contribution in [1.29, 1.82) is 5.26 Å². The summed E-state index contributed by atoms with van der Waals surface area (Å²) < 4.78 is 0. The van der Waals surface area contributed by atoms with Gasteiger partial charge in [-0.1, -0.05) is 29.3 Å². The van der Waals surface area contributed by atoms with Crippen LogP contribution in [0.4, 0.5) is 0 Å². The molecule has 0 amide bonds. The second kappa shape index (κ2) is 5.06. The number of nitriles is 1. The molecule has 0 saturated heterocycles. The van der Waals surface area contributed by atoms with E-state index in [0.29, 0.717) is 21.2 Å². The zero-order valence-corrected chi connectivity index (χ0v) is 9.97. The average molecular weight is 241 g/mol. The summed E-state index contributed by atoms with van der Waals surface area (Å²) in [7, 11) is 3.70. The van der Waals surface area contributed by atoms with Crippen molar-refractivity contribution in [1.82, 2.24) is 4.90 Å². The smallest absolute Gasteiger partial charge is 0.101 e. The highest BCUT2D eigenvalue weighted by atomic mass is 35.5. The molecular formula is C11H10Cl2N2. The third-order valence-electron chi connectivity index (χ3n) is 1.73. The SMILES string of the molecule is CN(C)/C=C(\C#N)c1ccc(Cl)cc1Cl. The maximum atomic E-state index is 8.99. The summed E-state index contributed by atoms with van der Waals surface area (Å²) in [5, 5.41) is 10.0. The first-order chi connectivity index (χ1) is 7.04. The average Bonchev–Trinajstić information content (AvgIpc) is 2.14. The topological polar surface area (TPSA) is 27.0 Å². The number of allylic oxidation sites excluding steroid dienone is 1. The first kappa shape index (κ1) is 11.9. The van der Waals surface area contributed by atoms with E-state index in [9.17, 15) is 0 Å². The van der Waals surface area contributed by atoms with Crippen LogP contribution in [0.3, 0.4) is 0 Å². The minimum absolute atomic E-state index is 0.483. The van der Waals surface area contributed by atoms with Crippen molar-refractivity contribution in [2.75, 3.05) is 14.1 Å². The van der Waals surface area contributed by atoms with Crippen molar-refractivity contribution in [3.8, 4) is 6.07 Å². The normalized spacial score (nSPS) is 11.0. The molecule has 0 fully saturated rings. The zero-order valence-electron chi connectivity index (χ0n) is 8.46. The van der Waals surface area contributed by atoms with Gasteiger partial charge >= 0.3 is 0 Å². The van der Waals surface area contributed by atoms with E-state index in [1.807, 2.05) is 14.1 Å². The van der Waals surface area contributed by atoms with Gasteiger partial charge in [-0.2, -0.15) is 5.26 Å². The molecule has 0 aliphatic carbocycles. The molecule has 1 aromatic rings. The Kier molecular flexibility index (Phi) is 4.02. The van der Waals surface area contributed by atoms with Crippen molar-refractivity contribution in [3.05, 3.63) is 40.0 Å². The van der Waals surface area contributed by atoms with Crippen LogP contribution in [0.2, 0.25) is 10.0 Å². The van der Waals surface area contributed by atoms with Gasteiger partial charge in [-0.3, -0.25) is 0 Å². The van der Waals surface area contributed by atoms with E-state index in [4.69, 9.17) is 28.5 Å². The zero-order chi connectivity index (χ0) is 11.4. The van der Waals surface area contributed by atoms with Gasteiger partial charge in [-0.05, 0) is 12.1 Å². The number of hydrogen-bond donors (Lipinski definition) is 0. The summed E-state index contributed by atoms with van der Waals surface area (Å²) in [5.41, 5.74) is 1.21. The molecule has 1 rings (SSSR count). The van der Waals surface area contributed by atoms with E-state index >= 15 is 0 Å². The molecule has 0 radical (unpaired) electrons. The fourth-order valence-corrected chi connectivity index (χ4v) is 1.64. The van der Waals surface area contributed by atoms with Crippen molar-refractivity contribution < 1.29 is 0 Å². The van der Waals surface area contributed by atoms with Gasteiger partial charge in [0.25, 0.3) is 0 Å². The molecular weight excluding hydrogens is 231 g/mol. The second-order valence-electron chi connectivity index (χ2n) is 3.24. The summed E-state index contributed by atoms with van der Waals surface area (Å²) in [6, 6.07) is 7.18. The van der Waals surface area contributed by atoms with Crippen LogP contribution in [0.5, 0.6) is 0 Å². The predicted octanol–water partition coefficient (Wildman–Crippen LogP) is 3.42. The van der Waals surface area contributed by atoms with Crippen LogP contribution >= 0.6 is 23.2 Å². The van der Waals surface area contributed by atoms with Crippen LogP contribution in [-0.2, 0) is 0 Å². The van der Waals surface area contributed by atoms with E-state index in [-0.39, 0.29) is 0 Å². The molecule has 0 bridgehead atoms. The Balaban J connectivity index is 3.21. The molecule has 0 aliphatic rings. The molecule has 1 aromatic carbocycles. The number of hydrogen-bond acceptors (Lipinski definition) is 2. The molecule has 0 aliphatic heterocycles. The summed E-state index contributed by atoms with van der Waals surface area (Å²) in [6.07, 6.45) is 1.72. The molecule has 2 nitrogen and oxygen atoms in total. The summed E-state index contributed by atoms with van der Waals surface area (Å²) in [4.78, 5) is 1.80. The van der Waals surface area contributed by atoms with Gasteiger partial charge in [0.1, 0.15) is 6.07 Å². The lowest BCUT2D eigenvalue weighted by Crippen LogP contribution is -2.02. The van der Waals surface area contributed by atoms with Crippen LogP contribution in [0.1, 0.15) is 5.56 Å². The van der Waals surface area contributed by atoms with Crippen molar-refractivity contribution >= 4 is 28.8 Å². The van der Waals surface area contributed by atoms with Crippen molar-refractivity contribution in [3.63, 3.8) is 0 Å². The van der Waals surface area contributed by atoms with Gasteiger partial charge in [0.2, 0.25) is 0 Å². The fourth-order valence-electron chi connectivity index (χ4n) is 1.12. The number of benzene rings is 1. The van der Waals surface area contributed by atoms with Gasteiger partial charge in [-0.15, -0.1) is 0 Å². The van der Waals surface area contributed by atoms with Crippen LogP contribution in [0, 0.1) is 11.3 Å². The van der Waals surface area contributed by atoms with E-state index in [0.717, 1.165) is 0 Å². The Morgan fingerprint density at radius 3 is 2.53 bits per heavy atom. The number of halogens is 2. The van der Waals surface area contributed by atoms with Crippen molar-refractivity contribution in [2.24, 2.45) is 0 Å².